The second kappa shape index (κ2) is 5.70. The molecule has 0 aromatic heterocycles. The van der Waals surface area contributed by atoms with Crippen molar-refractivity contribution in [3.63, 3.8) is 0 Å². The first-order valence-corrected chi connectivity index (χ1v) is 6.16. The number of hydrogen-bond donors (Lipinski definition) is 1. The lowest BCUT2D eigenvalue weighted by Gasteiger charge is -2.05. The van der Waals surface area contributed by atoms with Crippen molar-refractivity contribution in [1.82, 2.24) is 0 Å². The molecule has 0 spiro atoms. The second-order valence-corrected chi connectivity index (χ2v) is 4.67. The molecule has 0 heterocycles. The Morgan fingerprint density at radius 2 is 2.06 bits per heavy atom. The van der Waals surface area contributed by atoms with E-state index in [1.165, 1.54) is 23.9 Å². The van der Waals surface area contributed by atoms with Crippen molar-refractivity contribution in [1.29, 1.82) is 0 Å². The number of aromatic carboxylic acids is 1. The van der Waals surface area contributed by atoms with E-state index < -0.39 is 5.97 Å². The Balaban J connectivity index is 2.97. The van der Waals surface area contributed by atoms with Gasteiger partial charge in [-0.05, 0) is 30.4 Å². The van der Waals surface area contributed by atoms with Gasteiger partial charge in [0.2, 0.25) is 0 Å². The minimum Gasteiger partial charge on any atom is -0.478 e. The largest absolute Gasteiger partial charge is 0.478 e. The van der Waals surface area contributed by atoms with E-state index in [-0.39, 0.29) is 11.3 Å². The van der Waals surface area contributed by atoms with Gasteiger partial charge >= 0.3 is 5.97 Å². The predicted molar refractivity (Wildman–Crippen MR) is 65.5 cm³/mol. The molecule has 0 saturated heterocycles. The van der Waals surface area contributed by atoms with Gasteiger partial charge in [-0.3, -0.25) is 4.79 Å². The molecule has 0 bridgehead atoms. The first kappa shape index (κ1) is 12.8. The molecule has 0 unspecified atom stereocenters. The molecule has 0 aliphatic carbocycles. The van der Waals surface area contributed by atoms with E-state index in [2.05, 4.69) is 0 Å². The Morgan fingerprint density at radius 3 is 2.62 bits per heavy atom. The number of benzene rings is 1. The van der Waals surface area contributed by atoms with E-state index >= 15 is 0 Å². The first-order chi connectivity index (χ1) is 7.56. The van der Waals surface area contributed by atoms with E-state index in [9.17, 15) is 9.59 Å². The Morgan fingerprint density at radius 1 is 1.38 bits per heavy atom. The molecule has 0 radical (unpaired) electrons. The van der Waals surface area contributed by atoms with Gasteiger partial charge in [0.05, 0.1) is 11.3 Å². The summed E-state index contributed by atoms with van der Waals surface area (Å²) < 4.78 is 0. The monoisotopic (exact) mass is 238 g/mol. The van der Waals surface area contributed by atoms with Crippen molar-refractivity contribution in [2.75, 3.05) is 11.5 Å². The third-order valence-corrected chi connectivity index (χ3v) is 3.10. The number of ketones is 1. The molecule has 0 aliphatic rings. The number of carbonyl (C=O) groups excluding carboxylic acids is 1. The average molecular weight is 238 g/mol. The Labute approximate surface area is 98.9 Å². The molecule has 0 saturated carbocycles. The van der Waals surface area contributed by atoms with Crippen LogP contribution in [0.2, 0.25) is 0 Å². The highest BCUT2D eigenvalue weighted by Crippen LogP contribution is 2.14. The molecule has 1 N–H and O–H groups in total. The van der Waals surface area contributed by atoms with Gasteiger partial charge in [-0.25, -0.2) is 4.79 Å². The molecule has 0 atom stereocenters. The van der Waals surface area contributed by atoms with E-state index in [4.69, 9.17) is 5.11 Å². The molecule has 1 aromatic carbocycles. The number of rotatable bonds is 5. The molecule has 4 heteroatoms. The number of carboxylic acid groups (broad SMARTS) is 1. The highest BCUT2D eigenvalue weighted by atomic mass is 32.2. The van der Waals surface area contributed by atoms with Crippen molar-refractivity contribution in [2.24, 2.45) is 0 Å². The molecule has 1 aromatic rings. The number of carbonyl (C=O) groups is 2. The zero-order valence-electron chi connectivity index (χ0n) is 9.32. The molecule has 3 nitrogen and oxygen atoms in total. The van der Waals surface area contributed by atoms with E-state index in [0.29, 0.717) is 11.3 Å². The Hall–Kier alpha value is -1.29. The molecule has 16 heavy (non-hydrogen) atoms. The molecular weight excluding hydrogens is 224 g/mol. The van der Waals surface area contributed by atoms with Crippen LogP contribution in [0.4, 0.5) is 0 Å². The highest BCUT2D eigenvalue weighted by molar-refractivity contribution is 7.99. The highest BCUT2D eigenvalue weighted by Gasteiger charge is 2.12. The number of thioether (sulfide) groups is 1. The van der Waals surface area contributed by atoms with Crippen LogP contribution >= 0.6 is 11.8 Å². The minimum atomic E-state index is -1.00. The van der Waals surface area contributed by atoms with E-state index in [0.717, 1.165) is 11.3 Å². The van der Waals surface area contributed by atoms with Gasteiger partial charge in [0.15, 0.2) is 5.78 Å². The molecule has 0 amide bonds. The lowest BCUT2D eigenvalue weighted by Crippen LogP contribution is -2.07. The maximum Gasteiger partial charge on any atom is 0.335 e. The Kier molecular flexibility index (Phi) is 4.55. The standard InChI is InChI=1S/C12H14O3S/c1-3-16-7-11(13)10-6-9(12(14)15)5-4-8(10)2/h4-6H,3,7H2,1-2H3,(H,14,15). The smallest absolute Gasteiger partial charge is 0.335 e. The van der Waals surface area contributed by atoms with Crippen LogP contribution in [0.25, 0.3) is 0 Å². The minimum absolute atomic E-state index is 0.00699. The SMILES string of the molecule is CCSCC(=O)c1cc(C(=O)O)ccc1C. The first-order valence-electron chi connectivity index (χ1n) is 5.01. The summed E-state index contributed by atoms with van der Waals surface area (Å²) in [5.74, 6) is 0.272. The zero-order valence-corrected chi connectivity index (χ0v) is 10.1. The summed E-state index contributed by atoms with van der Waals surface area (Å²) >= 11 is 1.54. The summed E-state index contributed by atoms with van der Waals surface area (Å²) in [4.78, 5) is 22.6. The van der Waals surface area contributed by atoms with Crippen LogP contribution in [0.5, 0.6) is 0 Å². The maximum absolute atomic E-state index is 11.8. The van der Waals surface area contributed by atoms with Gasteiger partial charge in [0, 0.05) is 5.56 Å². The fourth-order valence-corrected chi connectivity index (χ4v) is 1.87. The van der Waals surface area contributed by atoms with Crippen molar-refractivity contribution in [3.8, 4) is 0 Å². The third kappa shape index (κ3) is 3.10. The van der Waals surface area contributed by atoms with Crippen molar-refractivity contribution < 1.29 is 14.7 Å². The third-order valence-electron chi connectivity index (χ3n) is 2.22. The van der Waals surface area contributed by atoms with Crippen molar-refractivity contribution in [2.45, 2.75) is 13.8 Å². The van der Waals surface area contributed by atoms with Crippen LogP contribution in [0, 0.1) is 6.92 Å². The van der Waals surface area contributed by atoms with Gasteiger partial charge in [-0.15, -0.1) is 0 Å². The lowest BCUT2D eigenvalue weighted by atomic mass is 10.0. The van der Waals surface area contributed by atoms with E-state index in [1.807, 2.05) is 13.8 Å². The summed E-state index contributed by atoms with van der Waals surface area (Å²) in [6.07, 6.45) is 0. The fraction of sp³-hybridized carbons (Fsp3) is 0.333. The average Bonchev–Trinajstić information content (AvgIpc) is 2.26. The second-order valence-electron chi connectivity index (χ2n) is 3.40. The molecular formula is C12H14O3S. The van der Waals surface area contributed by atoms with Crippen molar-refractivity contribution in [3.05, 3.63) is 34.9 Å². The predicted octanol–water partition coefficient (Wildman–Crippen LogP) is 2.63. The fourth-order valence-electron chi connectivity index (χ4n) is 1.33. The number of Topliss-reactive ketones (excluding diaryl/α,β-unsaturated/α-hetero) is 1. The summed E-state index contributed by atoms with van der Waals surface area (Å²) in [5, 5.41) is 8.84. The number of aryl methyl sites for hydroxylation is 1. The molecule has 0 aliphatic heterocycles. The van der Waals surface area contributed by atoms with Crippen LogP contribution in [0.3, 0.4) is 0 Å². The van der Waals surface area contributed by atoms with E-state index in [1.54, 1.807) is 6.07 Å². The van der Waals surface area contributed by atoms with Gasteiger partial charge in [-0.1, -0.05) is 13.0 Å². The number of hydrogen-bond acceptors (Lipinski definition) is 3. The van der Waals surface area contributed by atoms with Crippen LogP contribution in [0.1, 0.15) is 33.2 Å². The van der Waals surface area contributed by atoms with Crippen molar-refractivity contribution >= 4 is 23.5 Å². The normalized spacial score (nSPS) is 10.1. The quantitative estimate of drug-likeness (QED) is 0.801. The molecule has 0 fully saturated rings. The molecule has 86 valence electrons. The van der Waals surface area contributed by atoms with Crippen LogP contribution in [-0.2, 0) is 0 Å². The summed E-state index contributed by atoms with van der Waals surface area (Å²) in [5.41, 5.74) is 1.50. The van der Waals surface area contributed by atoms with Gasteiger partial charge in [0.1, 0.15) is 0 Å². The van der Waals surface area contributed by atoms with Crippen LogP contribution < -0.4 is 0 Å². The summed E-state index contributed by atoms with van der Waals surface area (Å²) in [7, 11) is 0. The summed E-state index contributed by atoms with van der Waals surface area (Å²) in [6, 6.07) is 4.64. The van der Waals surface area contributed by atoms with Gasteiger partial charge in [0.25, 0.3) is 0 Å². The van der Waals surface area contributed by atoms with Crippen LogP contribution in [0.15, 0.2) is 18.2 Å². The maximum atomic E-state index is 11.8. The van der Waals surface area contributed by atoms with Crippen LogP contribution in [-0.4, -0.2) is 28.4 Å². The Bertz CT molecular complexity index is 413. The lowest BCUT2D eigenvalue weighted by molar-refractivity contribution is 0.0697. The van der Waals surface area contributed by atoms with Gasteiger partial charge in [-0.2, -0.15) is 11.8 Å². The zero-order chi connectivity index (χ0) is 12.1. The molecule has 1 rings (SSSR count). The topological polar surface area (TPSA) is 54.4 Å². The summed E-state index contributed by atoms with van der Waals surface area (Å²) in [6.45, 7) is 3.80. The number of carboxylic acids is 1. The van der Waals surface area contributed by atoms with Gasteiger partial charge < -0.3 is 5.11 Å².